The molecule has 4 rings (SSSR count). The van der Waals surface area contributed by atoms with Crippen molar-refractivity contribution < 1.29 is 9.90 Å². The number of carboxylic acid groups (broad SMARTS) is 1. The molecular weight excluding hydrogens is 504 g/mol. The van der Waals surface area contributed by atoms with E-state index in [1.54, 1.807) is 12.1 Å². The minimum Gasteiger partial charge on any atom is -0.478 e. The standard InChI is InChI=1S/C37H46N2O2/c1-23(2)25(4)36-21-30(27(6)39-32-11-9-10-31(38)22-32)18-19-33(36)26(5)24(3)20-28-14-16-29(17-15-28)34-12-7-8-13-35(34)37(40)41/h7-8,12-19,21,24,26,31-32,39H,6,9-11,20,22,38H2,1-5H3,(H,40,41). The highest BCUT2D eigenvalue weighted by molar-refractivity contribution is 5.96. The van der Waals surface area contributed by atoms with Crippen LogP contribution in [0.1, 0.15) is 98.8 Å². The van der Waals surface area contributed by atoms with Gasteiger partial charge in [0.15, 0.2) is 0 Å². The van der Waals surface area contributed by atoms with Gasteiger partial charge in [0.25, 0.3) is 0 Å². The monoisotopic (exact) mass is 550 g/mol. The smallest absolute Gasteiger partial charge is 0.336 e. The molecule has 4 atom stereocenters. The summed E-state index contributed by atoms with van der Waals surface area (Å²) in [5.41, 5.74) is 16.9. The molecule has 0 bridgehead atoms. The molecule has 4 heteroatoms. The fraction of sp³-hybridized carbons (Fsp3) is 0.378. The van der Waals surface area contributed by atoms with E-state index in [0.717, 1.165) is 48.1 Å². The highest BCUT2D eigenvalue weighted by atomic mass is 16.4. The fourth-order valence-electron chi connectivity index (χ4n) is 6.02. The Balaban J connectivity index is 1.53. The van der Waals surface area contributed by atoms with E-state index in [1.165, 1.54) is 34.3 Å². The maximum Gasteiger partial charge on any atom is 0.336 e. The molecule has 1 aliphatic rings. The van der Waals surface area contributed by atoms with Crippen LogP contribution in [0.5, 0.6) is 0 Å². The summed E-state index contributed by atoms with van der Waals surface area (Å²) in [5.74, 6) is -0.150. The van der Waals surface area contributed by atoms with E-state index in [-0.39, 0.29) is 6.04 Å². The van der Waals surface area contributed by atoms with E-state index in [9.17, 15) is 9.90 Å². The number of hydrogen-bond acceptors (Lipinski definition) is 3. The van der Waals surface area contributed by atoms with Crippen LogP contribution in [0.3, 0.4) is 0 Å². The van der Waals surface area contributed by atoms with Gasteiger partial charge >= 0.3 is 5.97 Å². The van der Waals surface area contributed by atoms with Crippen molar-refractivity contribution in [2.75, 3.05) is 0 Å². The first kappa shape index (κ1) is 30.3. The SMILES string of the molecule is C=C(NC1CCCC(N)C1)c1ccc(C(C)C(C)Cc2ccc(-c3ccccc3C(=O)O)cc2)c(C(C)=C(C)C)c1. The summed E-state index contributed by atoms with van der Waals surface area (Å²) >= 11 is 0. The van der Waals surface area contributed by atoms with Crippen molar-refractivity contribution in [3.8, 4) is 11.1 Å². The van der Waals surface area contributed by atoms with Crippen LogP contribution in [-0.2, 0) is 6.42 Å². The number of benzene rings is 3. The number of hydrogen-bond donors (Lipinski definition) is 3. The molecule has 0 saturated heterocycles. The second-order valence-electron chi connectivity index (χ2n) is 12.2. The van der Waals surface area contributed by atoms with E-state index in [2.05, 4.69) is 76.8 Å². The zero-order valence-electron chi connectivity index (χ0n) is 25.3. The van der Waals surface area contributed by atoms with Crippen molar-refractivity contribution in [3.63, 3.8) is 0 Å². The normalized spacial score (nSPS) is 18.3. The van der Waals surface area contributed by atoms with Crippen LogP contribution in [-0.4, -0.2) is 23.2 Å². The Morgan fingerprint density at radius 2 is 1.71 bits per heavy atom. The zero-order valence-corrected chi connectivity index (χ0v) is 25.3. The lowest BCUT2D eigenvalue weighted by molar-refractivity contribution is 0.0697. The predicted octanol–water partition coefficient (Wildman–Crippen LogP) is 8.68. The van der Waals surface area contributed by atoms with Crippen molar-refractivity contribution >= 4 is 17.2 Å². The number of nitrogens with two attached hydrogens (primary N) is 1. The number of allylic oxidation sites excluding steroid dienone is 2. The van der Waals surface area contributed by atoms with Crippen molar-refractivity contribution in [1.29, 1.82) is 0 Å². The van der Waals surface area contributed by atoms with Gasteiger partial charge in [0, 0.05) is 17.8 Å². The van der Waals surface area contributed by atoms with E-state index in [1.807, 2.05) is 24.3 Å². The minimum absolute atomic E-state index is 0.277. The molecule has 0 amide bonds. The summed E-state index contributed by atoms with van der Waals surface area (Å²) in [6.45, 7) is 15.6. The van der Waals surface area contributed by atoms with Crippen molar-refractivity contribution in [2.24, 2.45) is 11.7 Å². The number of aromatic carboxylic acids is 1. The van der Waals surface area contributed by atoms with Crippen LogP contribution >= 0.6 is 0 Å². The van der Waals surface area contributed by atoms with Crippen LogP contribution in [0.4, 0.5) is 0 Å². The topological polar surface area (TPSA) is 75.3 Å². The molecule has 1 fully saturated rings. The Morgan fingerprint density at radius 3 is 2.37 bits per heavy atom. The van der Waals surface area contributed by atoms with E-state index in [0.29, 0.717) is 23.4 Å². The molecular formula is C37H46N2O2. The number of rotatable bonds is 10. The molecule has 4 N–H and O–H groups in total. The second-order valence-corrected chi connectivity index (χ2v) is 12.2. The predicted molar refractivity (Wildman–Crippen MR) is 173 cm³/mol. The van der Waals surface area contributed by atoms with E-state index in [4.69, 9.17) is 5.73 Å². The molecule has 41 heavy (non-hydrogen) atoms. The van der Waals surface area contributed by atoms with Gasteiger partial charge < -0.3 is 16.2 Å². The molecule has 1 saturated carbocycles. The van der Waals surface area contributed by atoms with Crippen LogP contribution in [0.25, 0.3) is 22.4 Å². The van der Waals surface area contributed by atoms with Crippen LogP contribution in [0.15, 0.2) is 78.9 Å². The van der Waals surface area contributed by atoms with Crippen molar-refractivity contribution in [1.82, 2.24) is 5.32 Å². The molecule has 4 nitrogen and oxygen atoms in total. The van der Waals surface area contributed by atoms with Gasteiger partial charge in [-0.1, -0.05) is 80.6 Å². The lowest BCUT2D eigenvalue weighted by Gasteiger charge is -2.29. The Hall–Kier alpha value is -3.63. The maximum atomic E-state index is 11.7. The fourth-order valence-corrected chi connectivity index (χ4v) is 6.02. The van der Waals surface area contributed by atoms with Gasteiger partial charge in [-0.2, -0.15) is 0 Å². The first-order valence-corrected chi connectivity index (χ1v) is 15.0. The molecule has 3 aromatic carbocycles. The number of carbonyl (C=O) groups is 1. The molecule has 4 unspecified atom stereocenters. The molecule has 0 spiro atoms. The molecule has 3 aromatic rings. The Labute approximate surface area is 246 Å². The van der Waals surface area contributed by atoms with Crippen molar-refractivity contribution in [3.05, 3.63) is 107 Å². The lowest BCUT2D eigenvalue weighted by atomic mass is 9.80. The third kappa shape index (κ3) is 7.37. The molecule has 0 radical (unpaired) electrons. The largest absolute Gasteiger partial charge is 0.478 e. The minimum atomic E-state index is -0.904. The quantitative estimate of drug-likeness (QED) is 0.236. The van der Waals surface area contributed by atoms with Crippen LogP contribution in [0, 0.1) is 5.92 Å². The summed E-state index contributed by atoms with van der Waals surface area (Å²) in [7, 11) is 0. The highest BCUT2D eigenvalue weighted by Crippen LogP contribution is 2.35. The van der Waals surface area contributed by atoms with Crippen LogP contribution in [0.2, 0.25) is 0 Å². The summed E-state index contributed by atoms with van der Waals surface area (Å²) in [5, 5.41) is 13.2. The first-order valence-electron chi connectivity index (χ1n) is 15.0. The van der Waals surface area contributed by atoms with Gasteiger partial charge in [-0.15, -0.1) is 0 Å². The van der Waals surface area contributed by atoms with E-state index < -0.39 is 5.97 Å². The molecule has 0 aromatic heterocycles. The molecule has 0 aliphatic heterocycles. The molecule has 0 heterocycles. The summed E-state index contributed by atoms with van der Waals surface area (Å²) in [4.78, 5) is 11.7. The maximum absolute atomic E-state index is 11.7. The third-order valence-corrected chi connectivity index (χ3v) is 8.97. The second kappa shape index (κ2) is 13.4. The Morgan fingerprint density at radius 1 is 1.00 bits per heavy atom. The Kier molecular flexibility index (Phi) is 9.88. The summed E-state index contributed by atoms with van der Waals surface area (Å²) < 4.78 is 0. The van der Waals surface area contributed by atoms with Gasteiger partial charge in [0.2, 0.25) is 0 Å². The Bertz CT molecular complexity index is 1420. The van der Waals surface area contributed by atoms with Gasteiger partial charge in [0.05, 0.1) is 5.56 Å². The number of nitrogens with one attached hydrogen (secondary N) is 1. The molecule has 216 valence electrons. The highest BCUT2D eigenvalue weighted by Gasteiger charge is 2.22. The average molecular weight is 551 g/mol. The molecule has 1 aliphatic carbocycles. The zero-order chi connectivity index (χ0) is 29.7. The lowest BCUT2D eigenvalue weighted by Crippen LogP contribution is -2.38. The first-order chi connectivity index (χ1) is 19.5. The summed E-state index contributed by atoms with van der Waals surface area (Å²) in [6.07, 6.45) is 5.36. The number of carboxylic acids is 1. The third-order valence-electron chi connectivity index (χ3n) is 8.97. The average Bonchev–Trinajstić information content (AvgIpc) is 2.96. The van der Waals surface area contributed by atoms with Gasteiger partial charge in [-0.05, 0) is 116 Å². The van der Waals surface area contributed by atoms with E-state index >= 15 is 0 Å². The van der Waals surface area contributed by atoms with Gasteiger partial charge in [-0.3, -0.25) is 0 Å². The van der Waals surface area contributed by atoms with Crippen molar-refractivity contribution in [2.45, 2.75) is 84.7 Å². The van der Waals surface area contributed by atoms with Crippen LogP contribution < -0.4 is 11.1 Å². The van der Waals surface area contributed by atoms with Gasteiger partial charge in [-0.25, -0.2) is 4.79 Å². The summed E-state index contributed by atoms with van der Waals surface area (Å²) in [6, 6.07) is 23.0. The van der Waals surface area contributed by atoms with Gasteiger partial charge in [0.1, 0.15) is 0 Å².